The van der Waals surface area contributed by atoms with Crippen molar-refractivity contribution in [2.24, 2.45) is 0 Å². The van der Waals surface area contributed by atoms with E-state index in [0.717, 1.165) is 22.2 Å². The van der Waals surface area contributed by atoms with Crippen LogP contribution in [0.3, 0.4) is 0 Å². The molecule has 0 unspecified atom stereocenters. The van der Waals surface area contributed by atoms with Crippen LogP contribution in [-0.4, -0.2) is 29.3 Å². The zero-order valence-corrected chi connectivity index (χ0v) is 14.4. The van der Waals surface area contributed by atoms with E-state index in [9.17, 15) is 19.3 Å². The Hall–Kier alpha value is -2.32. The van der Waals surface area contributed by atoms with Crippen molar-refractivity contribution in [1.29, 1.82) is 0 Å². The molecule has 2 aromatic rings. The van der Waals surface area contributed by atoms with Gasteiger partial charge in [0.2, 0.25) is 5.91 Å². The summed E-state index contributed by atoms with van der Waals surface area (Å²) in [5.41, 5.74) is 0.512. The standard InChI is InChI=1S/C16H15BrFN3O3/c1-20(9-11-4-2-3-5-13(11)17)10-16(22)19-14-7-6-12(18)8-15(14)21(23)24/h2-8H,9-10H2,1H3,(H,19,22). The van der Waals surface area contributed by atoms with E-state index in [-0.39, 0.29) is 12.2 Å². The van der Waals surface area contributed by atoms with Gasteiger partial charge in [0.1, 0.15) is 11.5 Å². The molecule has 0 aliphatic carbocycles. The zero-order valence-electron chi connectivity index (χ0n) is 12.8. The van der Waals surface area contributed by atoms with Gasteiger partial charge in [-0.05, 0) is 30.8 Å². The number of hydrogen-bond acceptors (Lipinski definition) is 4. The summed E-state index contributed by atoms with van der Waals surface area (Å²) in [4.78, 5) is 24.0. The molecule has 2 aromatic carbocycles. The number of likely N-dealkylation sites (N-methyl/N-ethyl adjacent to an activating group) is 1. The number of amides is 1. The van der Waals surface area contributed by atoms with Crippen LogP contribution in [0.1, 0.15) is 5.56 Å². The van der Waals surface area contributed by atoms with E-state index in [1.54, 1.807) is 11.9 Å². The van der Waals surface area contributed by atoms with E-state index in [0.29, 0.717) is 6.54 Å². The topological polar surface area (TPSA) is 75.5 Å². The van der Waals surface area contributed by atoms with Crippen molar-refractivity contribution in [3.8, 4) is 0 Å². The molecule has 8 heteroatoms. The average molecular weight is 396 g/mol. The first-order valence-corrected chi connectivity index (χ1v) is 7.82. The Balaban J connectivity index is 2.01. The number of nitro groups is 1. The SMILES string of the molecule is CN(CC(=O)Nc1ccc(F)cc1[N+](=O)[O-])Cc1ccccc1Br. The van der Waals surface area contributed by atoms with Crippen LogP contribution >= 0.6 is 15.9 Å². The average Bonchev–Trinajstić information content (AvgIpc) is 2.51. The minimum absolute atomic E-state index is 0.0271. The van der Waals surface area contributed by atoms with Crippen LogP contribution in [0, 0.1) is 15.9 Å². The van der Waals surface area contributed by atoms with E-state index in [1.807, 2.05) is 24.3 Å². The number of nitro benzene ring substituents is 1. The third-order valence-corrected chi connectivity index (χ3v) is 4.02. The summed E-state index contributed by atoms with van der Waals surface area (Å²) >= 11 is 3.44. The van der Waals surface area contributed by atoms with Crippen LogP contribution in [0.15, 0.2) is 46.9 Å². The normalized spacial score (nSPS) is 10.7. The number of hydrogen-bond donors (Lipinski definition) is 1. The smallest absolute Gasteiger partial charge is 0.295 e. The first-order valence-electron chi connectivity index (χ1n) is 7.02. The molecule has 2 rings (SSSR count). The minimum Gasteiger partial charge on any atom is -0.319 e. The van der Waals surface area contributed by atoms with Crippen LogP contribution in [0.25, 0.3) is 0 Å². The van der Waals surface area contributed by atoms with Crippen molar-refractivity contribution in [1.82, 2.24) is 4.90 Å². The number of nitrogens with zero attached hydrogens (tertiary/aromatic N) is 2. The second-order valence-electron chi connectivity index (χ2n) is 5.23. The van der Waals surface area contributed by atoms with E-state index < -0.39 is 22.3 Å². The Morgan fingerprint density at radius 3 is 2.71 bits per heavy atom. The maximum Gasteiger partial charge on any atom is 0.295 e. The highest BCUT2D eigenvalue weighted by Gasteiger charge is 2.17. The van der Waals surface area contributed by atoms with E-state index in [1.165, 1.54) is 6.07 Å². The van der Waals surface area contributed by atoms with Crippen LogP contribution in [0.5, 0.6) is 0 Å². The van der Waals surface area contributed by atoms with Gasteiger partial charge in [0.25, 0.3) is 5.69 Å². The molecule has 0 aliphatic heterocycles. The Bertz CT molecular complexity index is 770. The van der Waals surface area contributed by atoms with Gasteiger partial charge in [0.05, 0.1) is 17.5 Å². The van der Waals surface area contributed by atoms with Crippen molar-refractivity contribution in [2.75, 3.05) is 18.9 Å². The summed E-state index contributed by atoms with van der Waals surface area (Å²) < 4.78 is 14.0. The highest BCUT2D eigenvalue weighted by atomic mass is 79.9. The number of benzene rings is 2. The maximum atomic E-state index is 13.1. The Morgan fingerprint density at radius 2 is 2.04 bits per heavy atom. The summed E-state index contributed by atoms with van der Waals surface area (Å²) in [7, 11) is 1.76. The lowest BCUT2D eigenvalue weighted by molar-refractivity contribution is -0.384. The molecule has 1 N–H and O–H groups in total. The van der Waals surface area contributed by atoms with E-state index >= 15 is 0 Å². The molecule has 0 saturated heterocycles. The Labute approximate surface area is 146 Å². The lowest BCUT2D eigenvalue weighted by Crippen LogP contribution is -2.30. The zero-order chi connectivity index (χ0) is 17.7. The fraction of sp³-hybridized carbons (Fsp3) is 0.188. The Morgan fingerprint density at radius 1 is 1.33 bits per heavy atom. The van der Waals surface area contributed by atoms with Crippen molar-refractivity contribution in [2.45, 2.75) is 6.54 Å². The summed E-state index contributed by atoms with van der Waals surface area (Å²) in [6.07, 6.45) is 0. The lowest BCUT2D eigenvalue weighted by atomic mass is 10.2. The van der Waals surface area contributed by atoms with Gasteiger partial charge < -0.3 is 5.32 Å². The molecule has 0 aromatic heterocycles. The number of anilines is 1. The van der Waals surface area contributed by atoms with E-state index in [2.05, 4.69) is 21.2 Å². The largest absolute Gasteiger partial charge is 0.319 e. The molecule has 0 fully saturated rings. The molecule has 0 spiro atoms. The third kappa shape index (κ3) is 4.84. The van der Waals surface area contributed by atoms with Gasteiger partial charge in [0, 0.05) is 11.0 Å². The number of nitrogens with one attached hydrogen (secondary N) is 1. The van der Waals surface area contributed by atoms with Crippen molar-refractivity contribution in [3.05, 3.63) is 68.4 Å². The quantitative estimate of drug-likeness (QED) is 0.599. The predicted molar refractivity (Wildman–Crippen MR) is 92.2 cm³/mol. The van der Waals surface area contributed by atoms with Gasteiger partial charge in [-0.25, -0.2) is 4.39 Å². The fourth-order valence-electron chi connectivity index (χ4n) is 2.17. The maximum absolute atomic E-state index is 13.1. The molecule has 0 aliphatic rings. The summed E-state index contributed by atoms with van der Waals surface area (Å²) in [5, 5.41) is 13.4. The molecule has 6 nitrogen and oxygen atoms in total. The van der Waals surface area contributed by atoms with Gasteiger partial charge in [-0.15, -0.1) is 0 Å². The van der Waals surface area contributed by atoms with E-state index in [4.69, 9.17) is 0 Å². The number of rotatable bonds is 6. The van der Waals surface area contributed by atoms with Crippen molar-refractivity contribution >= 4 is 33.2 Å². The van der Waals surface area contributed by atoms with Gasteiger partial charge >= 0.3 is 0 Å². The molecular weight excluding hydrogens is 381 g/mol. The van der Waals surface area contributed by atoms with Gasteiger partial charge in [-0.2, -0.15) is 0 Å². The summed E-state index contributed by atoms with van der Waals surface area (Å²) in [6.45, 7) is 0.566. The van der Waals surface area contributed by atoms with Crippen LogP contribution < -0.4 is 5.32 Å². The van der Waals surface area contributed by atoms with Crippen LogP contribution in [-0.2, 0) is 11.3 Å². The lowest BCUT2D eigenvalue weighted by Gasteiger charge is -2.17. The molecule has 126 valence electrons. The number of carbonyl (C=O) groups excluding carboxylic acids is 1. The second-order valence-corrected chi connectivity index (χ2v) is 6.08. The minimum atomic E-state index is -0.733. The summed E-state index contributed by atoms with van der Waals surface area (Å²) in [5.74, 6) is -1.15. The molecule has 0 radical (unpaired) electrons. The molecule has 0 heterocycles. The first-order chi connectivity index (χ1) is 11.4. The van der Waals surface area contributed by atoms with Gasteiger partial charge in [-0.3, -0.25) is 19.8 Å². The van der Waals surface area contributed by atoms with Crippen molar-refractivity contribution in [3.63, 3.8) is 0 Å². The molecular formula is C16H15BrFN3O3. The molecule has 1 amide bonds. The molecule has 0 atom stereocenters. The monoisotopic (exact) mass is 395 g/mol. The summed E-state index contributed by atoms with van der Waals surface area (Å²) in [6, 6.07) is 10.7. The Kier molecular flexibility index (Phi) is 5.99. The number of halogens is 2. The first kappa shape index (κ1) is 18.0. The molecule has 24 heavy (non-hydrogen) atoms. The van der Waals surface area contributed by atoms with Crippen LogP contribution in [0.4, 0.5) is 15.8 Å². The second kappa shape index (κ2) is 7.98. The van der Waals surface area contributed by atoms with Crippen molar-refractivity contribution < 1.29 is 14.1 Å². The highest BCUT2D eigenvalue weighted by Crippen LogP contribution is 2.25. The third-order valence-electron chi connectivity index (χ3n) is 3.24. The number of carbonyl (C=O) groups is 1. The fourth-order valence-corrected chi connectivity index (χ4v) is 2.58. The molecule has 0 bridgehead atoms. The highest BCUT2D eigenvalue weighted by molar-refractivity contribution is 9.10. The van der Waals surface area contributed by atoms with Crippen LogP contribution in [0.2, 0.25) is 0 Å². The molecule has 0 saturated carbocycles. The van der Waals surface area contributed by atoms with Gasteiger partial charge in [-0.1, -0.05) is 34.1 Å². The predicted octanol–water partition coefficient (Wildman–Crippen LogP) is 3.57. The van der Waals surface area contributed by atoms with Gasteiger partial charge in [0.15, 0.2) is 0 Å².